The lowest BCUT2D eigenvalue weighted by Crippen LogP contribution is -2.32. The summed E-state index contributed by atoms with van der Waals surface area (Å²) in [6, 6.07) is 9.46. The summed E-state index contributed by atoms with van der Waals surface area (Å²) in [5, 5.41) is 3.26. The average molecular weight is 373 g/mol. The van der Waals surface area contributed by atoms with Gasteiger partial charge in [-0.25, -0.2) is 9.37 Å². The van der Waals surface area contributed by atoms with Crippen LogP contribution in [0.5, 0.6) is 5.75 Å². The molecule has 1 atom stereocenters. The van der Waals surface area contributed by atoms with Crippen LogP contribution in [0.25, 0.3) is 11.3 Å². The number of nitrogens with one attached hydrogen (secondary N) is 1. The van der Waals surface area contributed by atoms with E-state index in [-0.39, 0.29) is 18.3 Å². The fourth-order valence-corrected chi connectivity index (χ4v) is 3.19. The fourth-order valence-electron chi connectivity index (χ4n) is 2.92. The lowest BCUT2D eigenvalue weighted by atomic mass is 9.96. The molecule has 0 bridgehead atoms. The highest BCUT2D eigenvalue weighted by Gasteiger charge is 2.26. The van der Waals surface area contributed by atoms with E-state index in [4.69, 9.17) is 20.8 Å². The largest absolute Gasteiger partial charge is 0.492 e. The molecule has 1 aromatic heterocycles. The second-order valence-electron chi connectivity index (χ2n) is 6.01. The van der Waals surface area contributed by atoms with Crippen LogP contribution in [0, 0.1) is 11.7 Å². The molecule has 1 amide bonds. The predicted octanol–water partition coefficient (Wildman–Crippen LogP) is 4.32. The Balaban J connectivity index is 1.48. The number of benzene rings is 2. The molecule has 0 radical (unpaired) electrons. The highest BCUT2D eigenvalue weighted by Crippen LogP contribution is 2.31. The Morgan fingerprint density at radius 1 is 1.27 bits per heavy atom. The van der Waals surface area contributed by atoms with Gasteiger partial charge in [-0.1, -0.05) is 11.6 Å². The van der Waals surface area contributed by atoms with Gasteiger partial charge in [-0.3, -0.25) is 4.79 Å². The van der Waals surface area contributed by atoms with Crippen molar-refractivity contribution in [3.63, 3.8) is 0 Å². The second-order valence-corrected chi connectivity index (χ2v) is 6.42. The SMILES string of the molecule is O=C(Nc1ccc(-c2cnco2)c(Cl)c1)C1COc2ccc(F)cc2C1. The van der Waals surface area contributed by atoms with Crippen molar-refractivity contribution in [2.45, 2.75) is 6.42 Å². The molecule has 4 rings (SSSR count). The lowest BCUT2D eigenvalue weighted by Gasteiger charge is -2.24. The molecule has 3 aromatic rings. The molecule has 26 heavy (non-hydrogen) atoms. The van der Waals surface area contributed by atoms with E-state index < -0.39 is 5.92 Å². The van der Waals surface area contributed by atoms with Crippen molar-refractivity contribution in [1.29, 1.82) is 0 Å². The van der Waals surface area contributed by atoms with Gasteiger partial charge in [-0.05, 0) is 48.4 Å². The van der Waals surface area contributed by atoms with Gasteiger partial charge in [0, 0.05) is 11.3 Å². The Morgan fingerprint density at radius 2 is 2.15 bits per heavy atom. The van der Waals surface area contributed by atoms with E-state index in [9.17, 15) is 9.18 Å². The Hall–Kier alpha value is -2.86. The molecule has 1 N–H and O–H groups in total. The smallest absolute Gasteiger partial charge is 0.231 e. The number of hydrogen-bond acceptors (Lipinski definition) is 4. The van der Waals surface area contributed by atoms with Crippen molar-refractivity contribution in [3.8, 4) is 17.1 Å². The van der Waals surface area contributed by atoms with Gasteiger partial charge in [0.15, 0.2) is 12.2 Å². The molecule has 0 saturated carbocycles. The number of anilines is 1. The minimum absolute atomic E-state index is 0.205. The summed E-state index contributed by atoms with van der Waals surface area (Å²) in [6.07, 6.45) is 3.31. The van der Waals surface area contributed by atoms with E-state index in [0.29, 0.717) is 39.8 Å². The summed E-state index contributed by atoms with van der Waals surface area (Å²) in [6.45, 7) is 0.244. The van der Waals surface area contributed by atoms with E-state index >= 15 is 0 Å². The molecular formula is C19H14ClFN2O3. The Labute approximate surface area is 153 Å². The van der Waals surface area contributed by atoms with Crippen molar-refractivity contribution in [2.24, 2.45) is 5.92 Å². The maximum Gasteiger partial charge on any atom is 0.231 e. The Kier molecular flexibility index (Phi) is 4.34. The second kappa shape index (κ2) is 6.80. The number of aromatic nitrogens is 1. The zero-order valence-electron chi connectivity index (χ0n) is 13.5. The van der Waals surface area contributed by atoms with E-state index in [1.807, 2.05) is 0 Å². The number of carbonyl (C=O) groups is 1. The first kappa shape index (κ1) is 16.6. The molecular weight excluding hydrogens is 359 g/mol. The highest BCUT2D eigenvalue weighted by atomic mass is 35.5. The fraction of sp³-hybridized carbons (Fsp3) is 0.158. The van der Waals surface area contributed by atoms with Crippen molar-refractivity contribution in [3.05, 3.63) is 65.4 Å². The van der Waals surface area contributed by atoms with Crippen LogP contribution in [0.4, 0.5) is 10.1 Å². The van der Waals surface area contributed by atoms with E-state index in [2.05, 4.69) is 10.3 Å². The highest BCUT2D eigenvalue weighted by molar-refractivity contribution is 6.33. The van der Waals surface area contributed by atoms with Crippen molar-refractivity contribution in [2.75, 3.05) is 11.9 Å². The molecule has 1 aliphatic rings. The number of amides is 1. The molecule has 132 valence electrons. The summed E-state index contributed by atoms with van der Waals surface area (Å²) >= 11 is 6.27. The molecule has 0 fully saturated rings. The topological polar surface area (TPSA) is 64.4 Å². The summed E-state index contributed by atoms with van der Waals surface area (Å²) in [4.78, 5) is 16.4. The average Bonchev–Trinajstić information content (AvgIpc) is 3.15. The van der Waals surface area contributed by atoms with Gasteiger partial charge in [-0.2, -0.15) is 0 Å². The van der Waals surface area contributed by atoms with Crippen molar-refractivity contribution in [1.82, 2.24) is 4.98 Å². The zero-order chi connectivity index (χ0) is 18.1. The van der Waals surface area contributed by atoms with Crippen LogP contribution in [0.1, 0.15) is 5.56 Å². The van der Waals surface area contributed by atoms with Gasteiger partial charge in [0.05, 0.1) is 17.1 Å². The van der Waals surface area contributed by atoms with Gasteiger partial charge in [0.2, 0.25) is 5.91 Å². The van der Waals surface area contributed by atoms with Crippen molar-refractivity contribution < 1.29 is 18.3 Å². The number of ether oxygens (including phenoxy) is 1. The number of hydrogen-bond donors (Lipinski definition) is 1. The molecule has 0 saturated heterocycles. The maximum atomic E-state index is 13.4. The predicted molar refractivity (Wildman–Crippen MR) is 94.7 cm³/mol. The normalized spacial score (nSPS) is 15.8. The van der Waals surface area contributed by atoms with Gasteiger partial charge in [-0.15, -0.1) is 0 Å². The third kappa shape index (κ3) is 3.28. The third-order valence-corrected chi connectivity index (χ3v) is 4.55. The molecule has 2 aromatic carbocycles. The first-order valence-corrected chi connectivity index (χ1v) is 8.38. The standard InChI is InChI=1S/C19H14ClFN2O3/c20-16-7-14(2-3-15(16)18-8-22-10-26-18)23-19(24)12-5-11-6-13(21)1-4-17(11)25-9-12/h1-4,6-8,10,12H,5,9H2,(H,23,24). The third-order valence-electron chi connectivity index (χ3n) is 4.23. The van der Waals surface area contributed by atoms with Crippen LogP contribution < -0.4 is 10.1 Å². The van der Waals surface area contributed by atoms with E-state index in [1.165, 1.54) is 18.5 Å². The Bertz CT molecular complexity index is 959. The van der Waals surface area contributed by atoms with Gasteiger partial charge in [0.25, 0.3) is 0 Å². The molecule has 2 heterocycles. The zero-order valence-corrected chi connectivity index (χ0v) is 14.3. The van der Waals surface area contributed by atoms with Gasteiger partial charge < -0.3 is 14.5 Å². The number of oxazole rings is 1. The van der Waals surface area contributed by atoms with Crippen LogP contribution in [-0.4, -0.2) is 17.5 Å². The summed E-state index contributed by atoms with van der Waals surface area (Å²) in [5.74, 6) is 0.214. The van der Waals surface area contributed by atoms with Crippen LogP contribution >= 0.6 is 11.6 Å². The number of carbonyl (C=O) groups excluding carboxylic acids is 1. The van der Waals surface area contributed by atoms with Crippen molar-refractivity contribution >= 4 is 23.2 Å². The molecule has 1 unspecified atom stereocenters. The molecule has 7 heteroatoms. The summed E-state index contributed by atoms with van der Waals surface area (Å²) in [7, 11) is 0. The minimum atomic E-state index is -0.406. The first-order valence-electron chi connectivity index (χ1n) is 8.00. The maximum absolute atomic E-state index is 13.4. The number of fused-ring (bicyclic) bond motifs is 1. The van der Waals surface area contributed by atoms with E-state index in [0.717, 1.165) is 0 Å². The summed E-state index contributed by atoms with van der Waals surface area (Å²) < 4.78 is 24.2. The quantitative estimate of drug-likeness (QED) is 0.743. The van der Waals surface area contributed by atoms with Crippen LogP contribution in [0.3, 0.4) is 0 Å². The molecule has 0 spiro atoms. The monoisotopic (exact) mass is 372 g/mol. The summed E-state index contributed by atoms with van der Waals surface area (Å²) in [5.41, 5.74) is 1.94. The molecule has 0 aliphatic carbocycles. The minimum Gasteiger partial charge on any atom is -0.492 e. The molecule has 1 aliphatic heterocycles. The lowest BCUT2D eigenvalue weighted by molar-refractivity contribution is -0.121. The van der Waals surface area contributed by atoms with Crippen LogP contribution in [-0.2, 0) is 11.2 Å². The Morgan fingerprint density at radius 3 is 2.92 bits per heavy atom. The van der Waals surface area contributed by atoms with E-state index in [1.54, 1.807) is 30.5 Å². The number of nitrogens with zero attached hydrogens (tertiary/aromatic N) is 1. The van der Waals surface area contributed by atoms with Crippen LogP contribution in [0.2, 0.25) is 5.02 Å². The van der Waals surface area contributed by atoms with Gasteiger partial charge in [0.1, 0.15) is 18.2 Å². The number of halogens is 2. The molecule has 5 nitrogen and oxygen atoms in total. The van der Waals surface area contributed by atoms with Crippen LogP contribution in [0.15, 0.2) is 53.4 Å². The number of rotatable bonds is 3. The first-order chi connectivity index (χ1) is 12.6. The van der Waals surface area contributed by atoms with Gasteiger partial charge >= 0.3 is 0 Å².